The summed E-state index contributed by atoms with van der Waals surface area (Å²) in [7, 11) is 0. The number of fused-ring (bicyclic) bond motifs is 1. The lowest BCUT2D eigenvalue weighted by molar-refractivity contribution is -0.129. The number of benzene rings is 2. The highest BCUT2D eigenvalue weighted by Crippen LogP contribution is 2.32. The lowest BCUT2D eigenvalue weighted by atomic mass is 10.2. The Kier molecular flexibility index (Phi) is 5.40. The Balaban J connectivity index is 1.43. The summed E-state index contributed by atoms with van der Waals surface area (Å²) >= 11 is 6.02. The highest BCUT2D eigenvalue weighted by molar-refractivity contribution is 6.31. The average molecular weight is 361 g/mol. The number of nitrogens with one attached hydrogen (secondary N) is 2. The van der Waals surface area contributed by atoms with Gasteiger partial charge in [0.1, 0.15) is 6.42 Å². The van der Waals surface area contributed by atoms with E-state index in [-0.39, 0.29) is 31.6 Å². The Morgan fingerprint density at radius 2 is 1.68 bits per heavy atom. The molecule has 3 rings (SSSR count). The Morgan fingerprint density at radius 3 is 2.48 bits per heavy atom. The van der Waals surface area contributed by atoms with E-state index in [1.807, 2.05) is 24.3 Å². The monoisotopic (exact) mass is 360 g/mol. The summed E-state index contributed by atoms with van der Waals surface area (Å²) in [6.45, 7) is 0.804. The van der Waals surface area contributed by atoms with Gasteiger partial charge in [-0.15, -0.1) is 0 Å². The van der Waals surface area contributed by atoms with Crippen molar-refractivity contribution in [3.8, 4) is 11.5 Å². The maximum absolute atomic E-state index is 11.9. The van der Waals surface area contributed by atoms with Gasteiger partial charge < -0.3 is 20.1 Å². The van der Waals surface area contributed by atoms with Crippen LogP contribution in [-0.4, -0.2) is 18.6 Å². The minimum absolute atomic E-state index is 0.205. The van der Waals surface area contributed by atoms with Crippen LogP contribution in [0.2, 0.25) is 5.02 Å². The van der Waals surface area contributed by atoms with Gasteiger partial charge in [0, 0.05) is 18.1 Å². The van der Waals surface area contributed by atoms with E-state index in [1.54, 1.807) is 18.2 Å². The van der Waals surface area contributed by atoms with Crippen LogP contribution in [-0.2, 0) is 22.7 Å². The van der Waals surface area contributed by atoms with E-state index in [1.165, 1.54) is 0 Å². The van der Waals surface area contributed by atoms with Gasteiger partial charge in [-0.25, -0.2) is 0 Å². The molecule has 2 aromatic rings. The summed E-state index contributed by atoms with van der Waals surface area (Å²) in [4.78, 5) is 23.7. The minimum atomic E-state index is -0.358. The van der Waals surface area contributed by atoms with Gasteiger partial charge in [0.05, 0.1) is 0 Å². The summed E-state index contributed by atoms with van der Waals surface area (Å²) in [5, 5.41) is 5.97. The van der Waals surface area contributed by atoms with Gasteiger partial charge in [-0.3, -0.25) is 9.59 Å². The predicted octanol–water partition coefficient (Wildman–Crippen LogP) is 2.39. The fourth-order valence-electron chi connectivity index (χ4n) is 2.36. The molecule has 7 heteroatoms. The molecule has 0 saturated heterocycles. The molecule has 0 unspecified atom stereocenters. The summed E-state index contributed by atoms with van der Waals surface area (Å²) < 4.78 is 10.5. The van der Waals surface area contributed by atoms with Gasteiger partial charge in [0.25, 0.3) is 0 Å². The summed E-state index contributed by atoms with van der Waals surface area (Å²) in [6.07, 6.45) is -0.241. The van der Waals surface area contributed by atoms with Crippen molar-refractivity contribution in [3.05, 3.63) is 58.6 Å². The van der Waals surface area contributed by atoms with Crippen molar-refractivity contribution in [2.75, 3.05) is 6.79 Å². The second-order valence-corrected chi connectivity index (χ2v) is 5.92. The van der Waals surface area contributed by atoms with Crippen molar-refractivity contribution < 1.29 is 19.1 Å². The molecule has 0 radical (unpaired) electrons. The summed E-state index contributed by atoms with van der Waals surface area (Å²) in [5.74, 6) is 0.635. The van der Waals surface area contributed by atoms with Gasteiger partial charge in [-0.05, 0) is 29.3 Å². The summed E-state index contributed by atoms with van der Waals surface area (Å²) in [5.41, 5.74) is 1.67. The van der Waals surface area contributed by atoms with Gasteiger partial charge in [0.2, 0.25) is 18.6 Å². The number of ether oxygens (including phenoxy) is 2. The minimum Gasteiger partial charge on any atom is -0.454 e. The maximum atomic E-state index is 11.9. The molecule has 0 spiro atoms. The molecule has 2 N–H and O–H groups in total. The van der Waals surface area contributed by atoms with Crippen LogP contribution in [0, 0.1) is 0 Å². The van der Waals surface area contributed by atoms with Crippen LogP contribution < -0.4 is 20.1 Å². The number of hydrogen-bond donors (Lipinski definition) is 2. The molecule has 1 heterocycles. The molecule has 0 aliphatic carbocycles. The number of hydrogen-bond acceptors (Lipinski definition) is 4. The van der Waals surface area contributed by atoms with E-state index in [0.717, 1.165) is 11.1 Å². The first-order valence-electron chi connectivity index (χ1n) is 7.77. The summed E-state index contributed by atoms with van der Waals surface area (Å²) in [6, 6.07) is 12.7. The topological polar surface area (TPSA) is 76.7 Å². The molecule has 0 aromatic heterocycles. The number of halogens is 1. The highest BCUT2D eigenvalue weighted by Gasteiger charge is 2.14. The van der Waals surface area contributed by atoms with Gasteiger partial charge in [0.15, 0.2) is 11.5 Å². The standard InChI is InChI=1S/C18H17ClN2O4/c19-14-4-2-1-3-13(14)10-21-18(23)8-17(22)20-9-12-5-6-15-16(7-12)25-11-24-15/h1-7H,8-11H2,(H,20,22)(H,21,23). The van der Waals surface area contributed by atoms with E-state index in [9.17, 15) is 9.59 Å². The number of amides is 2. The van der Waals surface area contributed by atoms with Gasteiger partial charge in [-0.2, -0.15) is 0 Å². The second-order valence-electron chi connectivity index (χ2n) is 5.51. The molecule has 0 bridgehead atoms. The molecule has 0 fully saturated rings. The smallest absolute Gasteiger partial charge is 0.231 e. The van der Waals surface area contributed by atoms with E-state index < -0.39 is 0 Å². The number of carbonyl (C=O) groups is 2. The second kappa shape index (κ2) is 7.90. The zero-order valence-electron chi connectivity index (χ0n) is 13.4. The third-order valence-electron chi connectivity index (χ3n) is 3.68. The molecule has 130 valence electrons. The fourth-order valence-corrected chi connectivity index (χ4v) is 2.56. The van der Waals surface area contributed by atoms with Crippen LogP contribution >= 0.6 is 11.6 Å². The van der Waals surface area contributed by atoms with Crippen molar-refractivity contribution in [1.82, 2.24) is 10.6 Å². The Hall–Kier alpha value is -2.73. The lowest BCUT2D eigenvalue weighted by Gasteiger charge is -2.08. The molecular weight excluding hydrogens is 344 g/mol. The van der Waals surface area contributed by atoms with Crippen LogP contribution in [0.3, 0.4) is 0 Å². The molecule has 0 atom stereocenters. The van der Waals surface area contributed by atoms with Crippen LogP contribution in [0.4, 0.5) is 0 Å². The number of carbonyl (C=O) groups excluding carboxylic acids is 2. The zero-order valence-corrected chi connectivity index (χ0v) is 14.1. The van der Waals surface area contributed by atoms with Crippen molar-refractivity contribution in [1.29, 1.82) is 0 Å². The van der Waals surface area contributed by atoms with E-state index in [2.05, 4.69) is 10.6 Å². The first-order valence-corrected chi connectivity index (χ1v) is 8.15. The molecular formula is C18H17ClN2O4. The molecule has 25 heavy (non-hydrogen) atoms. The zero-order chi connectivity index (χ0) is 17.6. The Bertz CT molecular complexity index is 794. The Labute approximate surface area is 150 Å². The Morgan fingerprint density at radius 1 is 0.960 bits per heavy atom. The molecule has 2 aromatic carbocycles. The van der Waals surface area contributed by atoms with Crippen LogP contribution in [0.1, 0.15) is 17.5 Å². The maximum Gasteiger partial charge on any atom is 0.231 e. The predicted molar refractivity (Wildman–Crippen MR) is 92.3 cm³/mol. The van der Waals surface area contributed by atoms with Crippen molar-refractivity contribution in [2.24, 2.45) is 0 Å². The lowest BCUT2D eigenvalue weighted by Crippen LogP contribution is -2.31. The van der Waals surface area contributed by atoms with E-state index >= 15 is 0 Å². The molecule has 2 amide bonds. The SMILES string of the molecule is O=C(CC(=O)NCc1ccccc1Cl)NCc1ccc2c(c1)OCO2. The quantitative estimate of drug-likeness (QED) is 0.775. The van der Waals surface area contributed by atoms with Crippen molar-refractivity contribution in [3.63, 3.8) is 0 Å². The van der Waals surface area contributed by atoms with Crippen LogP contribution in [0.5, 0.6) is 11.5 Å². The molecule has 1 aliphatic rings. The fraction of sp³-hybridized carbons (Fsp3) is 0.222. The molecule has 1 aliphatic heterocycles. The largest absolute Gasteiger partial charge is 0.454 e. The highest BCUT2D eigenvalue weighted by atomic mass is 35.5. The van der Waals surface area contributed by atoms with E-state index in [4.69, 9.17) is 21.1 Å². The van der Waals surface area contributed by atoms with E-state index in [0.29, 0.717) is 23.1 Å². The average Bonchev–Trinajstić information content (AvgIpc) is 3.07. The third kappa shape index (κ3) is 4.64. The normalized spacial score (nSPS) is 11.9. The van der Waals surface area contributed by atoms with Crippen molar-refractivity contribution >= 4 is 23.4 Å². The molecule has 6 nitrogen and oxygen atoms in total. The first kappa shape index (κ1) is 17.1. The van der Waals surface area contributed by atoms with Gasteiger partial charge >= 0.3 is 0 Å². The number of rotatable bonds is 6. The van der Waals surface area contributed by atoms with Crippen molar-refractivity contribution in [2.45, 2.75) is 19.5 Å². The third-order valence-corrected chi connectivity index (χ3v) is 4.05. The first-order chi connectivity index (χ1) is 12.1. The molecule has 0 saturated carbocycles. The van der Waals surface area contributed by atoms with Crippen LogP contribution in [0.25, 0.3) is 0 Å². The van der Waals surface area contributed by atoms with Gasteiger partial charge in [-0.1, -0.05) is 35.9 Å². The van der Waals surface area contributed by atoms with Crippen LogP contribution in [0.15, 0.2) is 42.5 Å².